The SMILES string of the molecule is O=S(=O)(CC1CCCNC1)Nc1cncnc1. The van der Waals surface area contributed by atoms with Gasteiger partial charge >= 0.3 is 0 Å². The van der Waals surface area contributed by atoms with Crippen molar-refractivity contribution in [1.29, 1.82) is 0 Å². The van der Waals surface area contributed by atoms with Crippen molar-refractivity contribution in [3.8, 4) is 0 Å². The summed E-state index contributed by atoms with van der Waals surface area (Å²) < 4.78 is 26.2. The Labute approximate surface area is 101 Å². The van der Waals surface area contributed by atoms with Crippen LogP contribution in [0.4, 0.5) is 5.69 Å². The van der Waals surface area contributed by atoms with Crippen LogP contribution < -0.4 is 10.0 Å². The van der Waals surface area contributed by atoms with Gasteiger partial charge in [-0.2, -0.15) is 0 Å². The van der Waals surface area contributed by atoms with Gasteiger partial charge in [0.05, 0.1) is 23.8 Å². The molecule has 1 aliphatic heterocycles. The first kappa shape index (κ1) is 12.3. The summed E-state index contributed by atoms with van der Waals surface area (Å²) in [4.78, 5) is 7.53. The van der Waals surface area contributed by atoms with Gasteiger partial charge in [0.1, 0.15) is 6.33 Å². The number of hydrogen-bond acceptors (Lipinski definition) is 5. The first-order valence-corrected chi connectivity index (χ1v) is 7.27. The van der Waals surface area contributed by atoms with Gasteiger partial charge in [0.2, 0.25) is 10.0 Å². The number of piperidine rings is 1. The molecule has 0 saturated carbocycles. The third-order valence-corrected chi connectivity index (χ3v) is 4.14. The van der Waals surface area contributed by atoms with Crippen LogP contribution in [0.5, 0.6) is 0 Å². The molecule has 94 valence electrons. The molecular formula is C10H16N4O2S. The lowest BCUT2D eigenvalue weighted by atomic mass is 10.0. The summed E-state index contributed by atoms with van der Waals surface area (Å²) in [5, 5.41) is 3.20. The Hall–Kier alpha value is -1.21. The fraction of sp³-hybridized carbons (Fsp3) is 0.600. The average Bonchev–Trinajstić information content (AvgIpc) is 2.30. The van der Waals surface area contributed by atoms with Crippen molar-refractivity contribution in [2.24, 2.45) is 5.92 Å². The Morgan fingerprint density at radius 2 is 2.18 bits per heavy atom. The highest BCUT2D eigenvalue weighted by Gasteiger charge is 2.21. The number of nitrogens with one attached hydrogen (secondary N) is 2. The van der Waals surface area contributed by atoms with Crippen molar-refractivity contribution in [1.82, 2.24) is 15.3 Å². The molecule has 1 aromatic heterocycles. The highest BCUT2D eigenvalue weighted by Crippen LogP contribution is 2.14. The van der Waals surface area contributed by atoms with Crippen LogP contribution in [0.1, 0.15) is 12.8 Å². The highest BCUT2D eigenvalue weighted by atomic mass is 32.2. The zero-order chi connectivity index (χ0) is 12.1. The molecule has 1 fully saturated rings. The largest absolute Gasteiger partial charge is 0.316 e. The van der Waals surface area contributed by atoms with Gasteiger partial charge in [-0.1, -0.05) is 0 Å². The Kier molecular flexibility index (Phi) is 3.90. The van der Waals surface area contributed by atoms with E-state index >= 15 is 0 Å². The molecular weight excluding hydrogens is 240 g/mol. The van der Waals surface area contributed by atoms with E-state index in [2.05, 4.69) is 20.0 Å². The van der Waals surface area contributed by atoms with Gasteiger partial charge < -0.3 is 5.32 Å². The molecule has 0 amide bonds. The fourth-order valence-corrected chi connectivity index (χ4v) is 3.40. The standard InChI is InChI=1S/C10H16N4O2S/c15-17(16,7-9-2-1-3-11-4-9)14-10-5-12-8-13-6-10/h5-6,8-9,11,14H,1-4,7H2. The van der Waals surface area contributed by atoms with Gasteiger partial charge in [-0.15, -0.1) is 0 Å². The van der Waals surface area contributed by atoms with Crippen molar-refractivity contribution in [2.45, 2.75) is 12.8 Å². The second kappa shape index (κ2) is 5.42. The minimum absolute atomic E-state index is 0.148. The molecule has 2 heterocycles. The zero-order valence-electron chi connectivity index (χ0n) is 9.46. The molecule has 0 radical (unpaired) electrons. The quantitative estimate of drug-likeness (QED) is 0.805. The molecule has 2 rings (SSSR count). The van der Waals surface area contributed by atoms with Gasteiger partial charge in [0.25, 0.3) is 0 Å². The van der Waals surface area contributed by atoms with E-state index in [4.69, 9.17) is 0 Å². The van der Waals surface area contributed by atoms with Crippen LogP contribution >= 0.6 is 0 Å². The van der Waals surface area contributed by atoms with Crippen molar-refractivity contribution in [2.75, 3.05) is 23.6 Å². The molecule has 0 spiro atoms. The van der Waals surface area contributed by atoms with Crippen LogP contribution in [0, 0.1) is 5.92 Å². The van der Waals surface area contributed by atoms with Crippen LogP contribution in [0.2, 0.25) is 0 Å². The molecule has 1 aromatic rings. The van der Waals surface area contributed by atoms with Gasteiger partial charge in [-0.25, -0.2) is 18.4 Å². The summed E-state index contributed by atoms with van der Waals surface area (Å²) in [6.07, 6.45) is 6.25. The molecule has 0 aliphatic carbocycles. The maximum Gasteiger partial charge on any atom is 0.233 e. The number of sulfonamides is 1. The van der Waals surface area contributed by atoms with Crippen molar-refractivity contribution < 1.29 is 8.42 Å². The molecule has 2 N–H and O–H groups in total. The summed E-state index contributed by atoms with van der Waals surface area (Å²) in [7, 11) is -3.30. The number of nitrogens with zero attached hydrogens (tertiary/aromatic N) is 2. The van der Waals surface area contributed by atoms with Crippen molar-refractivity contribution in [3.05, 3.63) is 18.7 Å². The molecule has 1 atom stereocenters. The second-order valence-corrected chi connectivity index (χ2v) is 5.99. The Morgan fingerprint density at radius 1 is 1.41 bits per heavy atom. The number of anilines is 1. The lowest BCUT2D eigenvalue weighted by Gasteiger charge is -2.22. The fourth-order valence-electron chi connectivity index (χ4n) is 1.95. The molecule has 0 aromatic carbocycles. The average molecular weight is 256 g/mol. The van der Waals surface area contributed by atoms with E-state index < -0.39 is 10.0 Å². The van der Waals surface area contributed by atoms with Crippen LogP contribution in [0.25, 0.3) is 0 Å². The van der Waals surface area contributed by atoms with Crippen molar-refractivity contribution in [3.63, 3.8) is 0 Å². The topological polar surface area (TPSA) is 84.0 Å². The summed E-state index contributed by atoms with van der Waals surface area (Å²) in [6.45, 7) is 1.75. The summed E-state index contributed by atoms with van der Waals surface area (Å²) in [6, 6.07) is 0. The van der Waals surface area contributed by atoms with Crippen LogP contribution in [-0.4, -0.2) is 37.2 Å². The second-order valence-electron chi connectivity index (χ2n) is 4.22. The Bertz CT molecular complexity index is 443. The minimum Gasteiger partial charge on any atom is -0.316 e. The Morgan fingerprint density at radius 3 is 2.82 bits per heavy atom. The lowest BCUT2D eigenvalue weighted by molar-refractivity contribution is 0.404. The smallest absolute Gasteiger partial charge is 0.233 e. The van der Waals surface area contributed by atoms with E-state index in [9.17, 15) is 8.42 Å². The van der Waals surface area contributed by atoms with E-state index in [1.54, 1.807) is 0 Å². The summed E-state index contributed by atoms with van der Waals surface area (Å²) >= 11 is 0. The molecule has 1 aliphatic rings. The molecule has 17 heavy (non-hydrogen) atoms. The third-order valence-electron chi connectivity index (χ3n) is 2.69. The van der Waals surface area contributed by atoms with Gasteiger partial charge in [-0.05, 0) is 31.8 Å². The van der Waals surface area contributed by atoms with Crippen molar-refractivity contribution >= 4 is 15.7 Å². The number of rotatable bonds is 4. The minimum atomic E-state index is -3.30. The predicted octanol–water partition coefficient (Wildman–Crippen LogP) is 0.218. The molecule has 7 heteroatoms. The molecule has 1 saturated heterocycles. The molecule has 6 nitrogen and oxygen atoms in total. The van der Waals surface area contributed by atoms with Gasteiger partial charge in [0, 0.05) is 0 Å². The van der Waals surface area contributed by atoms with Crippen LogP contribution in [0.15, 0.2) is 18.7 Å². The van der Waals surface area contributed by atoms with E-state index in [-0.39, 0.29) is 11.7 Å². The van der Waals surface area contributed by atoms with Crippen LogP contribution in [-0.2, 0) is 10.0 Å². The molecule has 1 unspecified atom stereocenters. The lowest BCUT2D eigenvalue weighted by Crippen LogP contribution is -2.35. The first-order valence-electron chi connectivity index (χ1n) is 5.62. The highest BCUT2D eigenvalue weighted by molar-refractivity contribution is 7.92. The molecule has 0 bridgehead atoms. The van der Waals surface area contributed by atoms with E-state index in [0.29, 0.717) is 5.69 Å². The maximum absolute atomic E-state index is 11.9. The predicted molar refractivity (Wildman–Crippen MR) is 65.0 cm³/mol. The van der Waals surface area contributed by atoms with E-state index in [0.717, 1.165) is 25.9 Å². The number of hydrogen-bond donors (Lipinski definition) is 2. The van der Waals surface area contributed by atoms with Gasteiger partial charge in [0.15, 0.2) is 0 Å². The maximum atomic E-state index is 11.9. The number of aromatic nitrogens is 2. The van der Waals surface area contributed by atoms with E-state index in [1.807, 2.05) is 0 Å². The summed E-state index contributed by atoms with van der Waals surface area (Å²) in [5.41, 5.74) is 0.413. The first-order chi connectivity index (χ1) is 8.16. The van der Waals surface area contributed by atoms with Gasteiger partial charge in [-0.3, -0.25) is 4.72 Å². The van der Waals surface area contributed by atoms with Crippen LogP contribution in [0.3, 0.4) is 0 Å². The normalized spacial score (nSPS) is 21.1. The monoisotopic (exact) mass is 256 g/mol. The zero-order valence-corrected chi connectivity index (χ0v) is 10.3. The Balaban J connectivity index is 1.94. The third kappa shape index (κ3) is 3.94. The van der Waals surface area contributed by atoms with E-state index in [1.165, 1.54) is 18.7 Å². The summed E-state index contributed by atoms with van der Waals surface area (Å²) in [5.74, 6) is 0.334.